The predicted octanol–water partition coefficient (Wildman–Crippen LogP) is 2.34. The molecule has 1 aromatic carbocycles. The van der Waals surface area contributed by atoms with Gasteiger partial charge in [-0.1, -0.05) is 31.5 Å². The van der Waals surface area contributed by atoms with Crippen molar-refractivity contribution < 1.29 is 8.42 Å². The van der Waals surface area contributed by atoms with Gasteiger partial charge in [0.25, 0.3) is 0 Å². The van der Waals surface area contributed by atoms with E-state index in [9.17, 15) is 8.42 Å². The molecule has 1 aliphatic rings. The molecule has 0 radical (unpaired) electrons. The third-order valence-electron chi connectivity index (χ3n) is 3.95. The average Bonchev–Trinajstić information content (AvgIpc) is 2.73. The molecule has 0 aliphatic carbocycles. The van der Waals surface area contributed by atoms with Gasteiger partial charge in [-0.2, -0.15) is 4.31 Å². The van der Waals surface area contributed by atoms with Gasteiger partial charge in [-0.25, -0.2) is 8.42 Å². The summed E-state index contributed by atoms with van der Waals surface area (Å²) in [4.78, 5) is 0.216. The van der Waals surface area contributed by atoms with Gasteiger partial charge in [0.1, 0.15) is 4.90 Å². The van der Waals surface area contributed by atoms with E-state index < -0.39 is 10.0 Å². The monoisotopic (exact) mass is 316 g/mol. The van der Waals surface area contributed by atoms with Crippen LogP contribution in [0.3, 0.4) is 0 Å². The second kappa shape index (κ2) is 6.02. The van der Waals surface area contributed by atoms with Crippen LogP contribution in [-0.4, -0.2) is 32.9 Å². The number of rotatable bonds is 4. The maximum atomic E-state index is 12.7. The van der Waals surface area contributed by atoms with E-state index >= 15 is 0 Å². The van der Waals surface area contributed by atoms with Crippen molar-refractivity contribution in [3.05, 3.63) is 28.8 Å². The van der Waals surface area contributed by atoms with Gasteiger partial charge in [-0.05, 0) is 36.6 Å². The van der Waals surface area contributed by atoms with Crippen molar-refractivity contribution in [1.82, 2.24) is 9.62 Å². The second-order valence-corrected chi connectivity index (χ2v) is 7.89. The van der Waals surface area contributed by atoms with Gasteiger partial charge in [0.2, 0.25) is 10.0 Å². The number of hydrogen-bond acceptors (Lipinski definition) is 3. The molecule has 1 heterocycles. The maximum Gasteiger partial charge on any atom is 0.244 e. The Bertz CT molecular complexity index is 579. The Morgan fingerprint density at radius 2 is 1.90 bits per heavy atom. The fourth-order valence-corrected chi connectivity index (χ4v) is 4.64. The minimum Gasteiger partial charge on any atom is -0.316 e. The zero-order valence-corrected chi connectivity index (χ0v) is 13.6. The first-order chi connectivity index (χ1) is 9.36. The molecule has 2 atom stereocenters. The Hall–Kier alpha value is -0.620. The molecular weight excluding hydrogens is 296 g/mol. The van der Waals surface area contributed by atoms with Gasteiger partial charge >= 0.3 is 0 Å². The summed E-state index contributed by atoms with van der Waals surface area (Å²) >= 11 is 6.11. The highest BCUT2D eigenvalue weighted by molar-refractivity contribution is 7.89. The molecule has 1 saturated heterocycles. The molecule has 2 rings (SSSR count). The van der Waals surface area contributed by atoms with Crippen molar-refractivity contribution in [3.63, 3.8) is 0 Å². The number of benzene rings is 1. The van der Waals surface area contributed by atoms with Gasteiger partial charge in [-0.3, -0.25) is 0 Å². The third kappa shape index (κ3) is 3.01. The van der Waals surface area contributed by atoms with Gasteiger partial charge in [0.15, 0.2) is 0 Å². The number of hydrogen-bond donors (Lipinski definition) is 1. The summed E-state index contributed by atoms with van der Waals surface area (Å²) in [6.07, 6.45) is 0. The van der Waals surface area contributed by atoms with Crippen LogP contribution in [0.25, 0.3) is 0 Å². The first-order valence-corrected chi connectivity index (χ1v) is 8.61. The standard InChI is InChI=1S/C14H21ClN2O2S/c1-10-8-17(9-11(10)2)20(18,19)14-6-12(7-16-3)4-5-13(14)15/h4-6,10-11,16H,7-9H2,1-3H3. The van der Waals surface area contributed by atoms with E-state index in [4.69, 9.17) is 11.6 Å². The van der Waals surface area contributed by atoms with Crippen LogP contribution in [0.5, 0.6) is 0 Å². The fourth-order valence-electron chi connectivity index (χ4n) is 2.47. The molecule has 0 amide bonds. The summed E-state index contributed by atoms with van der Waals surface area (Å²) in [6, 6.07) is 5.17. The summed E-state index contributed by atoms with van der Waals surface area (Å²) in [6.45, 7) is 5.91. The lowest BCUT2D eigenvalue weighted by Gasteiger charge is -2.18. The molecule has 1 aromatic rings. The minimum atomic E-state index is -3.50. The Morgan fingerprint density at radius 1 is 1.30 bits per heavy atom. The number of halogens is 1. The Morgan fingerprint density at radius 3 is 2.45 bits per heavy atom. The van der Waals surface area contributed by atoms with E-state index in [1.165, 1.54) is 0 Å². The van der Waals surface area contributed by atoms with Crippen molar-refractivity contribution in [1.29, 1.82) is 0 Å². The molecule has 0 aromatic heterocycles. The maximum absolute atomic E-state index is 12.7. The van der Waals surface area contributed by atoms with E-state index in [-0.39, 0.29) is 9.92 Å². The van der Waals surface area contributed by atoms with E-state index in [0.29, 0.717) is 31.5 Å². The molecule has 20 heavy (non-hydrogen) atoms. The zero-order valence-electron chi connectivity index (χ0n) is 12.1. The van der Waals surface area contributed by atoms with Crippen LogP contribution in [-0.2, 0) is 16.6 Å². The molecule has 1 aliphatic heterocycles. The second-order valence-electron chi connectivity index (χ2n) is 5.57. The number of sulfonamides is 1. The summed E-state index contributed by atoms with van der Waals surface area (Å²) < 4.78 is 27.0. The first-order valence-electron chi connectivity index (χ1n) is 6.79. The first kappa shape index (κ1) is 15.8. The molecule has 0 spiro atoms. The van der Waals surface area contributed by atoms with Gasteiger partial charge in [-0.15, -0.1) is 0 Å². The van der Waals surface area contributed by atoms with Crippen LogP contribution in [0.4, 0.5) is 0 Å². The lowest BCUT2D eigenvalue weighted by Crippen LogP contribution is -2.29. The highest BCUT2D eigenvalue weighted by atomic mass is 35.5. The molecule has 0 bridgehead atoms. The van der Waals surface area contributed by atoms with Crippen molar-refractivity contribution in [3.8, 4) is 0 Å². The van der Waals surface area contributed by atoms with E-state index in [1.54, 1.807) is 16.4 Å². The zero-order chi connectivity index (χ0) is 14.9. The molecule has 112 valence electrons. The van der Waals surface area contributed by atoms with E-state index in [2.05, 4.69) is 19.2 Å². The van der Waals surface area contributed by atoms with Crippen molar-refractivity contribution in [2.24, 2.45) is 11.8 Å². The van der Waals surface area contributed by atoms with Gasteiger partial charge in [0, 0.05) is 19.6 Å². The van der Waals surface area contributed by atoms with Crippen molar-refractivity contribution in [2.45, 2.75) is 25.3 Å². The predicted molar refractivity (Wildman–Crippen MR) is 81.3 cm³/mol. The van der Waals surface area contributed by atoms with E-state index in [1.807, 2.05) is 13.1 Å². The van der Waals surface area contributed by atoms with E-state index in [0.717, 1.165) is 5.56 Å². The molecule has 0 saturated carbocycles. The lowest BCUT2D eigenvalue weighted by molar-refractivity contribution is 0.463. The number of nitrogens with one attached hydrogen (secondary N) is 1. The molecule has 1 N–H and O–H groups in total. The summed E-state index contributed by atoms with van der Waals surface area (Å²) in [7, 11) is -1.68. The van der Waals surface area contributed by atoms with Crippen LogP contribution in [0.2, 0.25) is 5.02 Å². The summed E-state index contributed by atoms with van der Waals surface area (Å²) in [5.41, 5.74) is 0.913. The van der Waals surface area contributed by atoms with Crippen molar-refractivity contribution in [2.75, 3.05) is 20.1 Å². The molecule has 1 fully saturated rings. The Kier molecular flexibility index (Phi) is 4.74. The highest BCUT2D eigenvalue weighted by Gasteiger charge is 2.35. The molecular formula is C14H21ClN2O2S. The van der Waals surface area contributed by atoms with Crippen LogP contribution in [0, 0.1) is 11.8 Å². The molecule has 4 nitrogen and oxygen atoms in total. The van der Waals surface area contributed by atoms with Crippen LogP contribution < -0.4 is 5.32 Å². The Balaban J connectivity index is 2.36. The highest BCUT2D eigenvalue weighted by Crippen LogP contribution is 2.31. The third-order valence-corrected chi connectivity index (χ3v) is 6.26. The smallest absolute Gasteiger partial charge is 0.244 e. The SMILES string of the molecule is CNCc1ccc(Cl)c(S(=O)(=O)N2CC(C)C(C)C2)c1. The largest absolute Gasteiger partial charge is 0.316 e. The van der Waals surface area contributed by atoms with Crippen LogP contribution >= 0.6 is 11.6 Å². The average molecular weight is 317 g/mol. The molecule has 2 unspecified atom stereocenters. The summed E-state index contributed by atoms with van der Waals surface area (Å²) in [5.74, 6) is 0.757. The molecule has 6 heteroatoms. The van der Waals surface area contributed by atoms with Gasteiger partial charge < -0.3 is 5.32 Å². The topological polar surface area (TPSA) is 49.4 Å². The van der Waals surface area contributed by atoms with Crippen molar-refractivity contribution >= 4 is 21.6 Å². The lowest BCUT2D eigenvalue weighted by atomic mass is 10.0. The fraction of sp³-hybridized carbons (Fsp3) is 0.571. The van der Waals surface area contributed by atoms with Gasteiger partial charge in [0.05, 0.1) is 5.02 Å². The van der Waals surface area contributed by atoms with Crippen LogP contribution in [0.15, 0.2) is 23.1 Å². The number of nitrogens with zero attached hydrogens (tertiary/aromatic N) is 1. The quantitative estimate of drug-likeness (QED) is 0.927. The van der Waals surface area contributed by atoms with Crippen LogP contribution in [0.1, 0.15) is 19.4 Å². The minimum absolute atomic E-state index is 0.216. The normalized spacial score (nSPS) is 24.2. The summed E-state index contributed by atoms with van der Waals surface area (Å²) in [5, 5.41) is 3.30. The Labute approximate surface area is 126 Å².